The highest BCUT2D eigenvalue weighted by Gasteiger charge is 2.36. The predicted molar refractivity (Wildman–Crippen MR) is 115 cm³/mol. The predicted octanol–water partition coefficient (Wildman–Crippen LogP) is 3.48. The Morgan fingerprint density at radius 2 is 1.83 bits per heavy atom. The zero-order valence-corrected chi connectivity index (χ0v) is 17.2. The van der Waals surface area contributed by atoms with Crippen molar-refractivity contribution in [3.05, 3.63) is 48.3 Å². The van der Waals surface area contributed by atoms with Crippen molar-refractivity contribution >= 4 is 23.2 Å². The zero-order valence-electron chi connectivity index (χ0n) is 17.2. The smallest absolute Gasteiger partial charge is 0.228 e. The van der Waals surface area contributed by atoms with Crippen LogP contribution in [0.1, 0.15) is 36.0 Å². The van der Waals surface area contributed by atoms with E-state index in [0.29, 0.717) is 17.7 Å². The normalized spacial score (nSPS) is 18.7. The molecule has 0 bridgehead atoms. The molecule has 8 nitrogen and oxygen atoms in total. The number of H-pyrrole nitrogens is 1. The van der Waals surface area contributed by atoms with Crippen LogP contribution in [0.2, 0.25) is 0 Å². The summed E-state index contributed by atoms with van der Waals surface area (Å²) in [6.45, 7) is 0. The summed E-state index contributed by atoms with van der Waals surface area (Å²) >= 11 is 0. The second kappa shape index (κ2) is 8.52. The fraction of sp³-hybridized carbons (Fsp3) is 0.364. The second-order valence-electron chi connectivity index (χ2n) is 7.68. The summed E-state index contributed by atoms with van der Waals surface area (Å²) in [5.74, 6) is -0.0102. The molecule has 3 N–H and O–H groups in total. The monoisotopic (exact) mass is 406 g/mol. The average molecular weight is 406 g/mol. The van der Waals surface area contributed by atoms with Crippen LogP contribution in [-0.4, -0.2) is 38.7 Å². The first kappa shape index (κ1) is 19.9. The molecule has 3 aromatic rings. The number of rotatable bonds is 6. The van der Waals surface area contributed by atoms with Gasteiger partial charge in [-0.1, -0.05) is 37.1 Å². The molecule has 30 heavy (non-hydrogen) atoms. The van der Waals surface area contributed by atoms with Crippen molar-refractivity contribution in [3.63, 3.8) is 0 Å². The molecule has 2 aromatic heterocycles. The maximum Gasteiger partial charge on any atom is 0.228 e. The maximum absolute atomic E-state index is 13.3. The molecule has 0 saturated heterocycles. The van der Waals surface area contributed by atoms with Crippen molar-refractivity contribution in [2.24, 2.45) is 18.9 Å². The van der Waals surface area contributed by atoms with Crippen LogP contribution in [0.15, 0.2) is 42.7 Å². The molecule has 0 aliphatic heterocycles. The number of nitrogens with zero attached hydrogens (tertiary/aromatic N) is 3. The van der Waals surface area contributed by atoms with E-state index < -0.39 is 0 Å². The fourth-order valence-corrected chi connectivity index (χ4v) is 4.25. The minimum absolute atomic E-state index is 0.0334. The number of nitrogens with one attached hydrogen (secondary N) is 3. The van der Waals surface area contributed by atoms with Gasteiger partial charge in [0.1, 0.15) is 11.5 Å². The molecule has 1 fully saturated rings. The molecule has 2 atom stereocenters. The average Bonchev–Trinajstić information content (AvgIpc) is 3.43. The summed E-state index contributed by atoms with van der Waals surface area (Å²) in [5, 5.41) is 17.1. The van der Waals surface area contributed by atoms with Crippen LogP contribution in [0.5, 0.6) is 0 Å². The Balaban J connectivity index is 1.51. The second-order valence-corrected chi connectivity index (χ2v) is 7.68. The lowest BCUT2D eigenvalue weighted by atomic mass is 9.75. The molecule has 8 heteroatoms. The first-order valence-electron chi connectivity index (χ1n) is 10.2. The molecule has 1 saturated carbocycles. The quantitative estimate of drug-likeness (QED) is 0.544. The number of hydrogen-bond acceptors (Lipinski definition) is 5. The summed E-state index contributed by atoms with van der Waals surface area (Å²) < 4.78 is 1.67. The minimum atomic E-state index is -0.344. The Morgan fingerprint density at radius 3 is 2.50 bits per heavy atom. The van der Waals surface area contributed by atoms with Crippen LogP contribution in [0.25, 0.3) is 11.3 Å². The summed E-state index contributed by atoms with van der Waals surface area (Å²) in [6, 6.07) is 9.38. The Hall–Kier alpha value is -3.42. The minimum Gasteiger partial charge on any atom is -0.372 e. The van der Waals surface area contributed by atoms with Crippen molar-refractivity contribution in [1.29, 1.82) is 0 Å². The molecule has 4 rings (SSSR count). The molecule has 1 aromatic carbocycles. The van der Waals surface area contributed by atoms with Gasteiger partial charge in [0.25, 0.3) is 0 Å². The van der Waals surface area contributed by atoms with Gasteiger partial charge in [0.15, 0.2) is 5.78 Å². The van der Waals surface area contributed by atoms with E-state index in [0.717, 1.165) is 36.3 Å². The van der Waals surface area contributed by atoms with Gasteiger partial charge in [0, 0.05) is 37.7 Å². The third kappa shape index (κ3) is 3.85. The van der Waals surface area contributed by atoms with Crippen LogP contribution in [0, 0.1) is 11.8 Å². The lowest BCUT2D eigenvalue weighted by molar-refractivity contribution is -0.121. The molecule has 1 aliphatic carbocycles. The molecular weight excluding hydrogens is 380 g/mol. The van der Waals surface area contributed by atoms with Gasteiger partial charge in [0.2, 0.25) is 5.91 Å². The number of hydrogen-bond donors (Lipinski definition) is 3. The first-order chi connectivity index (χ1) is 14.6. The lowest BCUT2D eigenvalue weighted by Gasteiger charge is -2.29. The number of aromatic nitrogens is 4. The van der Waals surface area contributed by atoms with Crippen molar-refractivity contribution in [1.82, 2.24) is 20.0 Å². The van der Waals surface area contributed by atoms with E-state index in [2.05, 4.69) is 25.9 Å². The Labute approximate surface area is 175 Å². The molecule has 2 heterocycles. The van der Waals surface area contributed by atoms with Gasteiger partial charge < -0.3 is 10.6 Å². The summed E-state index contributed by atoms with van der Waals surface area (Å²) in [4.78, 5) is 26.3. The largest absolute Gasteiger partial charge is 0.372 e. The number of benzene rings is 1. The molecular formula is C22H26N6O2. The number of anilines is 2. The van der Waals surface area contributed by atoms with E-state index in [1.165, 1.54) is 0 Å². The van der Waals surface area contributed by atoms with Gasteiger partial charge in [-0.3, -0.25) is 19.4 Å². The molecule has 1 aliphatic rings. The number of carbonyl (C=O) groups excluding carboxylic acids is 2. The Bertz CT molecular complexity index is 1020. The summed E-state index contributed by atoms with van der Waals surface area (Å²) in [6.07, 6.45) is 6.67. The highest BCUT2D eigenvalue weighted by molar-refractivity contribution is 6.03. The molecule has 156 valence electrons. The molecule has 0 radical (unpaired) electrons. The lowest BCUT2D eigenvalue weighted by Crippen LogP contribution is -2.36. The Kier molecular flexibility index (Phi) is 5.65. The van der Waals surface area contributed by atoms with E-state index in [4.69, 9.17) is 0 Å². The van der Waals surface area contributed by atoms with Gasteiger partial charge in [-0.15, -0.1) is 0 Å². The van der Waals surface area contributed by atoms with Gasteiger partial charge in [0.05, 0.1) is 11.9 Å². The third-order valence-corrected chi connectivity index (χ3v) is 5.85. The fourth-order valence-electron chi connectivity index (χ4n) is 4.25. The standard InChI is InChI=1S/C22H26N6O2/c1-23-21-19(13-25-28(21)2)26-22(30)17-6-4-3-5-16(17)20(29)15-9-7-14(8-10-15)18-11-12-24-27-18/h7-13,16-17,23H,3-6H2,1-2H3,(H,24,27)(H,26,30). The topological polar surface area (TPSA) is 105 Å². The number of carbonyl (C=O) groups is 2. The van der Waals surface area contributed by atoms with E-state index in [1.807, 2.05) is 30.3 Å². The van der Waals surface area contributed by atoms with Crippen LogP contribution in [0.4, 0.5) is 11.5 Å². The van der Waals surface area contributed by atoms with E-state index in [9.17, 15) is 9.59 Å². The number of aromatic amines is 1. The highest BCUT2D eigenvalue weighted by atomic mass is 16.2. The maximum atomic E-state index is 13.3. The number of ketones is 1. The van der Waals surface area contributed by atoms with Crippen LogP contribution < -0.4 is 10.6 Å². The van der Waals surface area contributed by atoms with Gasteiger partial charge in [-0.05, 0) is 24.5 Å². The van der Waals surface area contributed by atoms with Gasteiger partial charge >= 0.3 is 0 Å². The van der Waals surface area contributed by atoms with Crippen LogP contribution in [-0.2, 0) is 11.8 Å². The summed E-state index contributed by atoms with van der Waals surface area (Å²) in [7, 11) is 3.59. The van der Waals surface area contributed by atoms with Crippen molar-refractivity contribution in [2.75, 3.05) is 17.7 Å². The van der Waals surface area contributed by atoms with E-state index in [-0.39, 0.29) is 23.5 Å². The van der Waals surface area contributed by atoms with Gasteiger partial charge in [-0.25, -0.2) is 0 Å². The zero-order chi connectivity index (χ0) is 21.1. The third-order valence-electron chi connectivity index (χ3n) is 5.85. The van der Waals surface area contributed by atoms with E-state index in [1.54, 1.807) is 31.2 Å². The first-order valence-corrected chi connectivity index (χ1v) is 10.2. The molecule has 1 amide bonds. The number of amides is 1. The van der Waals surface area contributed by atoms with Crippen LogP contribution in [0.3, 0.4) is 0 Å². The van der Waals surface area contributed by atoms with Crippen LogP contribution >= 0.6 is 0 Å². The molecule has 2 unspecified atom stereocenters. The van der Waals surface area contributed by atoms with Gasteiger partial charge in [-0.2, -0.15) is 10.2 Å². The van der Waals surface area contributed by atoms with E-state index >= 15 is 0 Å². The Morgan fingerprint density at radius 1 is 1.10 bits per heavy atom. The van der Waals surface area contributed by atoms with Crippen molar-refractivity contribution in [3.8, 4) is 11.3 Å². The van der Waals surface area contributed by atoms with Crippen molar-refractivity contribution < 1.29 is 9.59 Å². The number of aryl methyl sites for hydroxylation is 1. The SMILES string of the molecule is CNc1c(NC(=O)C2CCCCC2C(=O)c2ccc(-c3ccn[nH]3)cc2)cnn1C. The van der Waals surface area contributed by atoms with Crippen molar-refractivity contribution in [2.45, 2.75) is 25.7 Å². The number of Topliss-reactive ketones (excluding diaryl/α,β-unsaturated/α-hetero) is 1. The molecule has 0 spiro atoms. The summed E-state index contributed by atoms with van der Waals surface area (Å²) in [5.41, 5.74) is 3.14. The highest BCUT2D eigenvalue weighted by Crippen LogP contribution is 2.34.